The van der Waals surface area contributed by atoms with Crippen molar-refractivity contribution in [2.45, 2.75) is 13.3 Å². The molecule has 2 aromatic rings. The summed E-state index contributed by atoms with van der Waals surface area (Å²) in [6.45, 7) is 5.83. The minimum Gasteiger partial charge on any atom is -0.494 e. The quantitative estimate of drug-likeness (QED) is 0.794. The molecule has 2 amide bonds. The van der Waals surface area contributed by atoms with E-state index in [-0.39, 0.29) is 24.2 Å². The highest BCUT2D eigenvalue weighted by Gasteiger charge is 2.35. The summed E-state index contributed by atoms with van der Waals surface area (Å²) in [6, 6.07) is 15.2. The Kier molecular flexibility index (Phi) is 6.18. The largest absolute Gasteiger partial charge is 0.494 e. The molecule has 0 spiro atoms. The van der Waals surface area contributed by atoms with E-state index < -0.39 is 0 Å². The number of hydrogen-bond acceptors (Lipinski definition) is 5. The van der Waals surface area contributed by atoms with E-state index >= 15 is 0 Å². The summed E-state index contributed by atoms with van der Waals surface area (Å²) < 4.78 is 10.9. The van der Waals surface area contributed by atoms with Crippen LogP contribution >= 0.6 is 0 Å². The average Bonchev–Trinajstić information content (AvgIpc) is 3.17. The molecule has 0 radical (unpaired) electrons. The lowest BCUT2D eigenvalue weighted by atomic mass is 10.1. The lowest BCUT2D eigenvalue weighted by Crippen LogP contribution is -2.37. The average molecular weight is 409 g/mol. The Bertz CT molecular complexity index is 894. The molecule has 0 bridgehead atoms. The Balaban J connectivity index is 1.43. The van der Waals surface area contributed by atoms with Crippen molar-refractivity contribution in [1.82, 2.24) is 0 Å². The molecule has 0 unspecified atom stereocenters. The van der Waals surface area contributed by atoms with Crippen molar-refractivity contribution in [3.8, 4) is 5.75 Å². The molecule has 2 saturated heterocycles. The normalized spacial score (nSPS) is 19.1. The van der Waals surface area contributed by atoms with Crippen LogP contribution < -0.4 is 19.9 Å². The van der Waals surface area contributed by atoms with Gasteiger partial charge in [-0.25, -0.2) is 0 Å². The van der Waals surface area contributed by atoms with Crippen LogP contribution in [0.1, 0.15) is 13.3 Å². The molecule has 30 heavy (non-hydrogen) atoms. The van der Waals surface area contributed by atoms with E-state index in [2.05, 4.69) is 10.2 Å². The summed E-state index contributed by atoms with van der Waals surface area (Å²) >= 11 is 0. The predicted octanol–water partition coefficient (Wildman–Crippen LogP) is 2.91. The van der Waals surface area contributed by atoms with E-state index in [0.29, 0.717) is 26.4 Å². The Labute approximate surface area is 176 Å². The first kappa shape index (κ1) is 20.2. The fourth-order valence-electron chi connectivity index (χ4n) is 3.92. The van der Waals surface area contributed by atoms with Crippen LogP contribution in [0.25, 0.3) is 0 Å². The predicted molar refractivity (Wildman–Crippen MR) is 116 cm³/mol. The van der Waals surface area contributed by atoms with Crippen LogP contribution in [0.2, 0.25) is 0 Å². The van der Waals surface area contributed by atoms with Crippen LogP contribution in [0.15, 0.2) is 48.5 Å². The molecule has 7 nitrogen and oxygen atoms in total. The number of amides is 2. The number of nitrogens with zero attached hydrogens (tertiary/aromatic N) is 2. The van der Waals surface area contributed by atoms with Crippen LogP contribution in [0.3, 0.4) is 0 Å². The number of ether oxygens (including phenoxy) is 2. The van der Waals surface area contributed by atoms with Crippen molar-refractivity contribution >= 4 is 28.9 Å². The molecule has 7 heteroatoms. The van der Waals surface area contributed by atoms with Gasteiger partial charge in [-0.15, -0.1) is 0 Å². The molecule has 0 aromatic heterocycles. The lowest BCUT2D eigenvalue weighted by Gasteiger charge is -2.30. The molecule has 0 aliphatic carbocycles. The summed E-state index contributed by atoms with van der Waals surface area (Å²) in [4.78, 5) is 29.4. The van der Waals surface area contributed by atoms with Gasteiger partial charge in [0.25, 0.3) is 0 Å². The van der Waals surface area contributed by atoms with E-state index in [4.69, 9.17) is 9.47 Å². The highest BCUT2D eigenvalue weighted by molar-refractivity contribution is 6.04. The first-order valence-corrected chi connectivity index (χ1v) is 10.4. The molecular formula is C23H27N3O4. The van der Waals surface area contributed by atoms with E-state index in [1.807, 2.05) is 55.5 Å². The SMILES string of the molecule is CCOc1ccc(N2C[C@@H](C(=O)Nc3ccccc3N3CCOCC3)CC2=O)cc1. The second kappa shape index (κ2) is 9.17. The van der Waals surface area contributed by atoms with Gasteiger partial charge in [-0.1, -0.05) is 12.1 Å². The zero-order valence-corrected chi connectivity index (χ0v) is 17.2. The zero-order chi connectivity index (χ0) is 20.9. The second-order valence-corrected chi connectivity index (χ2v) is 7.44. The number of carbonyl (C=O) groups excluding carboxylic acids is 2. The summed E-state index contributed by atoms with van der Waals surface area (Å²) in [6.07, 6.45) is 0.207. The Morgan fingerprint density at radius 1 is 1.13 bits per heavy atom. The van der Waals surface area contributed by atoms with Crippen LogP contribution in [0, 0.1) is 5.92 Å². The van der Waals surface area contributed by atoms with Crippen molar-refractivity contribution in [3.63, 3.8) is 0 Å². The van der Waals surface area contributed by atoms with E-state index in [1.165, 1.54) is 0 Å². The topological polar surface area (TPSA) is 71.1 Å². The summed E-state index contributed by atoms with van der Waals surface area (Å²) in [5, 5.41) is 3.05. The Hall–Kier alpha value is -3.06. The van der Waals surface area contributed by atoms with Gasteiger partial charge in [-0.2, -0.15) is 0 Å². The van der Waals surface area contributed by atoms with E-state index in [0.717, 1.165) is 35.9 Å². The highest BCUT2D eigenvalue weighted by Crippen LogP contribution is 2.30. The number of benzene rings is 2. The summed E-state index contributed by atoms with van der Waals surface area (Å²) in [5.74, 6) is 0.210. The lowest BCUT2D eigenvalue weighted by molar-refractivity contribution is -0.122. The van der Waals surface area contributed by atoms with Crippen LogP contribution in [-0.4, -0.2) is 51.3 Å². The fourth-order valence-corrected chi connectivity index (χ4v) is 3.92. The van der Waals surface area contributed by atoms with E-state index in [9.17, 15) is 9.59 Å². The Morgan fingerprint density at radius 3 is 2.60 bits per heavy atom. The van der Waals surface area contributed by atoms with Crippen molar-refractivity contribution in [1.29, 1.82) is 0 Å². The first-order valence-electron chi connectivity index (χ1n) is 10.4. The zero-order valence-electron chi connectivity index (χ0n) is 17.2. The molecule has 2 aromatic carbocycles. The van der Waals surface area contributed by atoms with E-state index in [1.54, 1.807) is 4.90 Å². The number of nitrogens with one attached hydrogen (secondary N) is 1. The van der Waals surface area contributed by atoms with Crippen LogP contribution in [0.4, 0.5) is 17.1 Å². The molecule has 2 aliphatic heterocycles. The Morgan fingerprint density at radius 2 is 1.87 bits per heavy atom. The summed E-state index contributed by atoms with van der Waals surface area (Å²) in [7, 11) is 0. The number of rotatable bonds is 6. The van der Waals surface area contributed by atoms with Crippen molar-refractivity contribution in [2.24, 2.45) is 5.92 Å². The smallest absolute Gasteiger partial charge is 0.229 e. The highest BCUT2D eigenvalue weighted by atomic mass is 16.5. The summed E-state index contributed by atoms with van der Waals surface area (Å²) in [5.41, 5.74) is 2.55. The maximum Gasteiger partial charge on any atom is 0.229 e. The second-order valence-electron chi connectivity index (χ2n) is 7.44. The molecule has 1 atom stereocenters. The monoisotopic (exact) mass is 409 g/mol. The van der Waals surface area contributed by atoms with Gasteiger partial charge < -0.3 is 24.6 Å². The third kappa shape index (κ3) is 4.41. The number of hydrogen-bond donors (Lipinski definition) is 1. The standard InChI is InChI=1S/C23H27N3O4/c1-2-30-19-9-7-18(8-10-19)26-16-17(15-22(26)27)23(28)24-20-5-3-4-6-21(20)25-11-13-29-14-12-25/h3-10,17H,2,11-16H2,1H3,(H,24,28)/t17-/m0/s1. The van der Waals surface area contributed by atoms with Crippen LogP contribution in [-0.2, 0) is 14.3 Å². The van der Waals surface area contributed by atoms with Gasteiger partial charge in [-0.05, 0) is 43.3 Å². The number of morpholine rings is 1. The number of para-hydroxylation sites is 2. The number of anilines is 3. The molecule has 2 heterocycles. The van der Waals surface area contributed by atoms with Crippen LogP contribution in [0.5, 0.6) is 5.75 Å². The molecule has 0 saturated carbocycles. The van der Waals surface area contributed by atoms with Gasteiger partial charge in [0.05, 0.1) is 37.1 Å². The molecule has 158 valence electrons. The van der Waals surface area contributed by atoms with Gasteiger partial charge in [-0.3, -0.25) is 9.59 Å². The maximum atomic E-state index is 13.0. The van der Waals surface area contributed by atoms with Gasteiger partial charge in [0, 0.05) is 31.7 Å². The van der Waals surface area contributed by atoms with Gasteiger partial charge >= 0.3 is 0 Å². The molecule has 2 fully saturated rings. The van der Waals surface area contributed by atoms with Gasteiger partial charge in [0.1, 0.15) is 5.75 Å². The third-order valence-corrected chi connectivity index (χ3v) is 5.47. The first-order chi connectivity index (χ1) is 14.7. The molecule has 4 rings (SSSR count). The molecule has 1 N–H and O–H groups in total. The van der Waals surface area contributed by atoms with Crippen molar-refractivity contribution < 1.29 is 19.1 Å². The molecular weight excluding hydrogens is 382 g/mol. The maximum absolute atomic E-state index is 13.0. The fraction of sp³-hybridized carbons (Fsp3) is 0.391. The van der Waals surface area contributed by atoms with Crippen molar-refractivity contribution in [2.75, 3.05) is 54.6 Å². The molecule has 2 aliphatic rings. The van der Waals surface area contributed by atoms with Gasteiger partial charge in [0.2, 0.25) is 11.8 Å². The minimum atomic E-state index is -0.387. The van der Waals surface area contributed by atoms with Crippen molar-refractivity contribution in [3.05, 3.63) is 48.5 Å². The third-order valence-electron chi connectivity index (χ3n) is 5.47. The number of carbonyl (C=O) groups is 2. The minimum absolute atomic E-state index is 0.0409. The van der Waals surface area contributed by atoms with Gasteiger partial charge in [0.15, 0.2) is 0 Å².